The first-order chi connectivity index (χ1) is 9.45. The summed E-state index contributed by atoms with van der Waals surface area (Å²) < 4.78 is 37.3. The number of ether oxygens (including phenoxy) is 2. The summed E-state index contributed by atoms with van der Waals surface area (Å²) in [6.07, 6.45) is 0.427. The van der Waals surface area contributed by atoms with Crippen molar-refractivity contribution in [3.8, 4) is 0 Å². The van der Waals surface area contributed by atoms with Crippen LogP contribution in [0.1, 0.15) is 23.7 Å². The van der Waals surface area contributed by atoms with Crippen LogP contribution in [0.5, 0.6) is 0 Å². The molecule has 110 valence electrons. The Morgan fingerprint density at radius 3 is 2.70 bits per heavy atom. The molecule has 0 amide bonds. The van der Waals surface area contributed by atoms with E-state index in [1.54, 1.807) is 12.1 Å². The smallest absolute Gasteiger partial charge is 0.339 e. The highest BCUT2D eigenvalue weighted by molar-refractivity contribution is 7.89. The summed E-state index contributed by atoms with van der Waals surface area (Å²) in [7, 11) is -2.58. The first kappa shape index (κ1) is 15.0. The maximum absolute atomic E-state index is 12.4. The number of hydrogen-bond donors (Lipinski definition) is 1. The van der Waals surface area contributed by atoms with Gasteiger partial charge in [0.15, 0.2) is 0 Å². The number of rotatable bonds is 4. The highest BCUT2D eigenvalue weighted by Crippen LogP contribution is 2.20. The number of hydrogen-bond acceptors (Lipinski definition) is 5. The predicted octanol–water partition coefficient (Wildman–Crippen LogP) is 0.929. The Balaban J connectivity index is 2.32. The number of nitrogens with one attached hydrogen (secondary N) is 1. The van der Waals surface area contributed by atoms with E-state index < -0.39 is 16.0 Å². The van der Waals surface area contributed by atoms with E-state index in [4.69, 9.17) is 4.74 Å². The molecule has 0 radical (unpaired) electrons. The van der Waals surface area contributed by atoms with Gasteiger partial charge in [-0.05, 0) is 25.5 Å². The van der Waals surface area contributed by atoms with Crippen molar-refractivity contribution >= 4 is 16.0 Å². The van der Waals surface area contributed by atoms with Gasteiger partial charge in [0.2, 0.25) is 10.0 Å². The van der Waals surface area contributed by atoms with Gasteiger partial charge < -0.3 is 9.47 Å². The maximum atomic E-state index is 12.4. The maximum Gasteiger partial charge on any atom is 0.339 e. The molecule has 7 heteroatoms. The van der Waals surface area contributed by atoms with Crippen molar-refractivity contribution in [2.24, 2.45) is 0 Å². The lowest BCUT2D eigenvalue weighted by atomic mass is 10.2. The Morgan fingerprint density at radius 1 is 1.40 bits per heavy atom. The van der Waals surface area contributed by atoms with Gasteiger partial charge in [-0.2, -0.15) is 0 Å². The third-order valence-corrected chi connectivity index (χ3v) is 4.81. The molecule has 1 saturated heterocycles. The lowest BCUT2D eigenvalue weighted by Gasteiger charge is -2.17. The fraction of sp³-hybridized carbons (Fsp3) is 0.462. The topological polar surface area (TPSA) is 81.7 Å². The monoisotopic (exact) mass is 299 g/mol. The highest BCUT2D eigenvalue weighted by Gasteiger charge is 2.31. The Morgan fingerprint density at radius 2 is 2.10 bits per heavy atom. The number of carbonyl (C=O) groups excluding carboxylic acids is 1. The van der Waals surface area contributed by atoms with Crippen LogP contribution >= 0.6 is 0 Å². The molecule has 20 heavy (non-hydrogen) atoms. The van der Waals surface area contributed by atoms with E-state index in [0.29, 0.717) is 13.0 Å². The first-order valence-electron chi connectivity index (χ1n) is 6.27. The normalized spacial score (nSPS) is 22.7. The van der Waals surface area contributed by atoms with Crippen LogP contribution in [0, 0.1) is 0 Å². The number of carbonyl (C=O) groups is 1. The summed E-state index contributed by atoms with van der Waals surface area (Å²) in [6.45, 7) is 2.33. The minimum absolute atomic E-state index is 0.0223. The summed E-state index contributed by atoms with van der Waals surface area (Å²) >= 11 is 0. The number of sulfonamides is 1. The van der Waals surface area contributed by atoms with Gasteiger partial charge in [-0.25, -0.2) is 17.9 Å². The van der Waals surface area contributed by atoms with Crippen molar-refractivity contribution in [1.29, 1.82) is 0 Å². The van der Waals surface area contributed by atoms with Gasteiger partial charge in [0, 0.05) is 6.61 Å². The molecule has 2 atom stereocenters. The van der Waals surface area contributed by atoms with Crippen LogP contribution in [0.4, 0.5) is 0 Å². The zero-order chi connectivity index (χ0) is 14.8. The predicted molar refractivity (Wildman–Crippen MR) is 71.9 cm³/mol. The minimum atomic E-state index is -3.79. The quantitative estimate of drug-likeness (QED) is 0.836. The van der Waals surface area contributed by atoms with E-state index in [1.165, 1.54) is 19.2 Å². The molecule has 6 nitrogen and oxygen atoms in total. The van der Waals surface area contributed by atoms with Gasteiger partial charge >= 0.3 is 5.97 Å². The SMILES string of the molecule is COC(=O)c1ccccc1S(=O)(=O)NC1CCOC1C. The third-order valence-electron chi connectivity index (χ3n) is 3.26. The van der Waals surface area contributed by atoms with Gasteiger partial charge in [-0.1, -0.05) is 12.1 Å². The van der Waals surface area contributed by atoms with Crippen molar-refractivity contribution in [1.82, 2.24) is 4.72 Å². The van der Waals surface area contributed by atoms with E-state index in [2.05, 4.69) is 9.46 Å². The molecular formula is C13H17NO5S. The second kappa shape index (κ2) is 5.90. The summed E-state index contributed by atoms with van der Waals surface area (Å²) in [6, 6.07) is 5.68. The zero-order valence-corrected chi connectivity index (χ0v) is 12.1. The molecule has 1 aliphatic rings. The lowest BCUT2D eigenvalue weighted by Crippen LogP contribution is -2.39. The molecule has 1 fully saturated rings. The molecule has 2 unspecified atom stereocenters. The molecule has 0 saturated carbocycles. The van der Waals surface area contributed by atoms with Crippen LogP contribution in [-0.4, -0.2) is 40.2 Å². The van der Waals surface area contributed by atoms with Crippen molar-refractivity contribution in [2.45, 2.75) is 30.4 Å². The van der Waals surface area contributed by atoms with Crippen LogP contribution in [-0.2, 0) is 19.5 Å². The zero-order valence-electron chi connectivity index (χ0n) is 11.3. The van der Waals surface area contributed by atoms with Crippen LogP contribution in [0.25, 0.3) is 0 Å². The Bertz CT molecular complexity index is 599. The average molecular weight is 299 g/mol. The second-order valence-corrected chi connectivity index (χ2v) is 6.26. The Kier molecular flexibility index (Phi) is 4.42. The molecule has 0 spiro atoms. The van der Waals surface area contributed by atoms with E-state index in [0.717, 1.165) is 0 Å². The molecule has 1 aromatic carbocycles. The van der Waals surface area contributed by atoms with Crippen LogP contribution in [0.2, 0.25) is 0 Å². The molecule has 0 bridgehead atoms. The Hall–Kier alpha value is -1.44. The standard InChI is InChI=1S/C13H17NO5S/c1-9-11(7-8-19-9)14-20(16,17)12-6-4-3-5-10(12)13(15)18-2/h3-6,9,11,14H,7-8H2,1-2H3. The molecular weight excluding hydrogens is 282 g/mol. The first-order valence-corrected chi connectivity index (χ1v) is 7.75. The van der Waals surface area contributed by atoms with Gasteiger partial charge in [0.05, 0.1) is 29.7 Å². The average Bonchev–Trinajstić information content (AvgIpc) is 2.83. The molecule has 0 aromatic heterocycles. The molecule has 0 aliphatic carbocycles. The van der Waals surface area contributed by atoms with Crippen molar-refractivity contribution in [2.75, 3.05) is 13.7 Å². The minimum Gasteiger partial charge on any atom is -0.465 e. The van der Waals surface area contributed by atoms with Crippen LogP contribution in [0.15, 0.2) is 29.2 Å². The number of esters is 1. The summed E-state index contributed by atoms with van der Waals surface area (Å²) in [4.78, 5) is 11.6. The van der Waals surface area contributed by atoms with Crippen molar-refractivity contribution < 1.29 is 22.7 Å². The summed E-state index contributed by atoms with van der Waals surface area (Å²) in [5, 5.41) is 0. The van der Waals surface area contributed by atoms with Gasteiger partial charge in [-0.3, -0.25) is 0 Å². The van der Waals surface area contributed by atoms with E-state index in [1.807, 2.05) is 6.92 Å². The molecule has 1 aliphatic heterocycles. The fourth-order valence-corrected chi connectivity index (χ4v) is 3.66. The fourth-order valence-electron chi connectivity index (χ4n) is 2.13. The third kappa shape index (κ3) is 3.00. The highest BCUT2D eigenvalue weighted by atomic mass is 32.2. The number of methoxy groups -OCH3 is 1. The van der Waals surface area contributed by atoms with Crippen LogP contribution < -0.4 is 4.72 Å². The molecule has 1 N–H and O–H groups in total. The molecule has 1 heterocycles. The molecule has 1 aromatic rings. The van der Waals surface area contributed by atoms with E-state index >= 15 is 0 Å². The summed E-state index contributed by atoms with van der Waals surface area (Å²) in [5.41, 5.74) is 0.0223. The van der Waals surface area contributed by atoms with Gasteiger partial charge in [0.1, 0.15) is 0 Å². The largest absolute Gasteiger partial charge is 0.465 e. The lowest BCUT2D eigenvalue weighted by molar-refractivity contribution is 0.0596. The second-order valence-electron chi connectivity index (χ2n) is 4.58. The van der Waals surface area contributed by atoms with Crippen molar-refractivity contribution in [3.63, 3.8) is 0 Å². The Labute approximate surface area is 118 Å². The van der Waals surface area contributed by atoms with Crippen LogP contribution in [0.3, 0.4) is 0 Å². The van der Waals surface area contributed by atoms with E-state index in [-0.39, 0.29) is 22.6 Å². The van der Waals surface area contributed by atoms with Gasteiger partial charge in [0.25, 0.3) is 0 Å². The van der Waals surface area contributed by atoms with Gasteiger partial charge in [-0.15, -0.1) is 0 Å². The molecule has 2 rings (SSSR count). The number of benzene rings is 1. The van der Waals surface area contributed by atoms with E-state index in [9.17, 15) is 13.2 Å². The summed E-state index contributed by atoms with van der Waals surface area (Å²) in [5.74, 6) is -0.679. The van der Waals surface area contributed by atoms with Crippen molar-refractivity contribution in [3.05, 3.63) is 29.8 Å².